The summed E-state index contributed by atoms with van der Waals surface area (Å²) in [5, 5.41) is 4.79. The third-order valence-corrected chi connectivity index (χ3v) is 12.8. The average molecular weight is 768 g/mol. The molecule has 0 radical (unpaired) electrons. The molecule has 282 valence electrons. The Labute approximate surface area is 347 Å². The van der Waals surface area contributed by atoms with Crippen LogP contribution in [0, 0.1) is 0 Å². The van der Waals surface area contributed by atoms with Crippen molar-refractivity contribution in [1.29, 1.82) is 0 Å². The van der Waals surface area contributed by atoms with E-state index in [4.69, 9.17) is 4.42 Å². The van der Waals surface area contributed by atoms with Crippen LogP contribution in [0.1, 0.15) is 11.1 Å². The van der Waals surface area contributed by atoms with Gasteiger partial charge in [-0.05, 0) is 100 Å². The molecule has 0 atom stereocenters. The highest BCUT2D eigenvalue weighted by Gasteiger charge is 2.27. The van der Waals surface area contributed by atoms with Crippen LogP contribution in [0.4, 0.5) is 22.7 Å². The molecule has 4 heterocycles. The molecule has 9 aromatic carbocycles. The third kappa shape index (κ3) is 4.91. The van der Waals surface area contributed by atoms with E-state index in [1.54, 1.807) is 0 Å². The van der Waals surface area contributed by atoms with Gasteiger partial charge in [0, 0.05) is 68.5 Å². The van der Waals surface area contributed by atoms with Crippen molar-refractivity contribution in [1.82, 2.24) is 4.57 Å². The maximum absolute atomic E-state index is 6.52. The smallest absolute Gasteiger partial charge is 0.159 e. The van der Waals surface area contributed by atoms with Crippen LogP contribution in [-0.4, -0.2) is 4.57 Å². The van der Waals surface area contributed by atoms with E-state index in [0.717, 1.165) is 46.4 Å². The van der Waals surface area contributed by atoms with Crippen molar-refractivity contribution in [3.05, 3.63) is 211 Å². The average Bonchev–Trinajstić information content (AvgIpc) is 3.87. The Morgan fingerprint density at radius 3 is 1.88 bits per heavy atom. The van der Waals surface area contributed by atoms with Crippen LogP contribution in [0.5, 0.6) is 0 Å². The number of benzene rings is 9. The monoisotopic (exact) mass is 767 g/mol. The molecule has 0 saturated heterocycles. The molecular formula is C56H37N3O. The summed E-state index contributed by atoms with van der Waals surface area (Å²) in [6, 6.07) is 73.1. The fraction of sp³-hybridized carbons (Fsp3) is 0.0357. The van der Waals surface area contributed by atoms with Crippen LogP contribution >= 0.6 is 0 Å². The molecule has 60 heavy (non-hydrogen) atoms. The number of nitrogens with zero attached hydrogens (tertiary/aromatic N) is 3. The summed E-state index contributed by atoms with van der Waals surface area (Å²) in [5.41, 5.74) is 20.2. The zero-order valence-electron chi connectivity index (χ0n) is 32.7. The first-order valence-electron chi connectivity index (χ1n) is 20.7. The molecule has 0 amide bonds. The van der Waals surface area contributed by atoms with Crippen molar-refractivity contribution in [2.45, 2.75) is 13.1 Å². The van der Waals surface area contributed by atoms with E-state index in [0.29, 0.717) is 0 Å². The molecule has 4 nitrogen and oxygen atoms in total. The Kier molecular flexibility index (Phi) is 7.10. The molecule has 0 spiro atoms. The highest BCUT2D eigenvalue weighted by molar-refractivity contribution is 6.11. The van der Waals surface area contributed by atoms with Gasteiger partial charge in [-0.15, -0.1) is 0 Å². The Morgan fingerprint density at radius 2 is 0.983 bits per heavy atom. The predicted octanol–water partition coefficient (Wildman–Crippen LogP) is 15.0. The van der Waals surface area contributed by atoms with Gasteiger partial charge in [0.2, 0.25) is 0 Å². The van der Waals surface area contributed by atoms with E-state index >= 15 is 0 Å². The number of para-hydroxylation sites is 5. The first kappa shape index (κ1) is 33.2. The Balaban J connectivity index is 0.893. The molecule has 4 heteroatoms. The van der Waals surface area contributed by atoms with Gasteiger partial charge in [-0.2, -0.15) is 0 Å². The van der Waals surface area contributed by atoms with Gasteiger partial charge in [-0.1, -0.05) is 133 Å². The summed E-state index contributed by atoms with van der Waals surface area (Å²) in [6.07, 6.45) is 0. The molecular weight excluding hydrogens is 731 g/mol. The molecule has 0 bridgehead atoms. The Bertz CT molecular complexity index is 3530. The highest BCUT2D eigenvalue weighted by atomic mass is 16.3. The minimum atomic E-state index is 0.752. The largest absolute Gasteiger partial charge is 0.454 e. The number of anilines is 4. The molecule has 0 saturated carbocycles. The lowest BCUT2D eigenvalue weighted by atomic mass is 9.90. The zero-order chi connectivity index (χ0) is 39.3. The van der Waals surface area contributed by atoms with Gasteiger partial charge in [0.05, 0.1) is 16.7 Å². The maximum atomic E-state index is 6.52. The number of hydrogen-bond acceptors (Lipinski definition) is 3. The summed E-state index contributed by atoms with van der Waals surface area (Å²) >= 11 is 0. The van der Waals surface area contributed by atoms with Gasteiger partial charge in [0.25, 0.3) is 0 Å². The maximum Gasteiger partial charge on any atom is 0.159 e. The van der Waals surface area contributed by atoms with Gasteiger partial charge in [0.1, 0.15) is 5.58 Å². The number of fused-ring (bicyclic) bond motifs is 12. The number of rotatable bonds is 4. The first-order chi connectivity index (χ1) is 29.7. The molecule has 0 aliphatic carbocycles. The third-order valence-electron chi connectivity index (χ3n) is 12.8. The van der Waals surface area contributed by atoms with Crippen LogP contribution in [0.25, 0.3) is 82.8 Å². The van der Waals surface area contributed by atoms with Crippen LogP contribution in [0.3, 0.4) is 0 Å². The van der Waals surface area contributed by atoms with Crippen LogP contribution in [0.15, 0.2) is 205 Å². The second-order valence-corrected chi connectivity index (χ2v) is 16.1. The van der Waals surface area contributed by atoms with E-state index in [1.165, 1.54) is 83.4 Å². The topological polar surface area (TPSA) is 24.6 Å². The Hall–Kier alpha value is -7.82. The molecule has 0 N–H and O–H groups in total. The van der Waals surface area contributed by atoms with Gasteiger partial charge in [-0.3, -0.25) is 0 Å². The molecule has 2 aromatic heterocycles. The lowest BCUT2D eigenvalue weighted by Gasteiger charge is -2.33. The van der Waals surface area contributed by atoms with E-state index in [-0.39, 0.29) is 0 Å². The van der Waals surface area contributed by atoms with Crippen molar-refractivity contribution in [2.75, 3.05) is 9.80 Å². The summed E-state index contributed by atoms with van der Waals surface area (Å²) in [4.78, 5) is 4.88. The predicted molar refractivity (Wildman–Crippen MR) is 249 cm³/mol. The van der Waals surface area contributed by atoms with E-state index in [2.05, 4.69) is 208 Å². The number of hydrogen-bond donors (Lipinski definition) is 0. The molecule has 0 fully saturated rings. The Morgan fingerprint density at radius 1 is 0.350 bits per heavy atom. The summed E-state index contributed by atoms with van der Waals surface area (Å²) in [5.74, 6) is 0. The van der Waals surface area contributed by atoms with Crippen LogP contribution in [-0.2, 0) is 13.1 Å². The van der Waals surface area contributed by atoms with E-state index < -0.39 is 0 Å². The molecule has 2 aliphatic rings. The van der Waals surface area contributed by atoms with Crippen molar-refractivity contribution in [3.8, 4) is 39.1 Å². The van der Waals surface area contributed by atoms with Gasteiger partial charge < -0.3 is 18.8 Å². The summed E-state index contributed by atoms with van der Waals surface area (Å²) in [6.45, 7) is 1.59. The first-order valence-corrected chi connectivity index (χ1v) is 20.7. The lowest BCUT2D eigenvalue weighted by Crippen LogP contribution is -2.21. The lowest BCUT2D eigenvalue weighted by molar-refractivity contribution is 0.667. The second kappa shape index (κ2) is 12.8. The molecule has 0 unspecified atom stereocenters. The minimum absolute atomic E-state index is 0.752. The minimum Gasteiger partial charge on any atom is -0.454 e. The number of aromatic nitrogens is 1. The van der Waals surface area contributed by atoms with Gasteiger partial charge in [-0.25, -0.2) is 0 Å². The number of furan rings is 1. The van der Waals surface area contributed by atoms with E-state index in [9.17, 15) is 0 Å². The SMILES string of the molecule is c1cc(-c2ccc3c(c2)-c2ccccc2N(c2cccc4c2oc2ccccc24)C3)cc(-n2c3ccccc3c3cc(N4Cc5ccccc5-c5ccccc54)ccc32)c1. The zero-order valence-corrected chi connectivity index (χ0v) is 32.7. The normalized spacial score (nSPS) is 13.1. The van der Waals surface area contributed by atoms with Crippen molar-refractivity contribution >= 4 is 66.5 Å². The van der Waals surface area contributed by atoms with E-state index in [1.807, 2.05) is 6.07 Å². The summed E-state index contributed by atoms with van der Waals surface area (Å²) < 4.78 is 8.96. The van der Waals surface area contributed by atoms with Gasteiger partial charge in [0.15, 0.2) is 5.58 Å². The van der Waals surface area contributed by atoms with Crippen molar-refractivity contribution in [3.63, 3.8) is 0 Å². The fourth-order valence-electron chi connectivity index (χ4n) is 10.1. The second-order valence-electron chi connectivity index (χ2n) is 16.1. The van der Waals surface area contributed by atoms with Crippen molar-refractivity contribution < 1.29 is 4.42 Å². The van der Waals surface area contributed by atoms with Gasteiger partial charge >= 0.3 is 0 Å². The fourth-order valence-corrected chi connectivity index (χ4v) is 10.1. The molecule has 2 aliphatic heterocycles. The highest BCUT2D eigenvalue weighted by Crippen LogP contribution is 2.48. The van der Waals surface area contributed by atoms with Crippen molar-refractivity contribution in [2.24, 2.45) is 0 Å². The van der Waals surface area contributed by atoms with Crippen LogP contribution < -0.4 is 9.80 Å². The molecule has 13 rings (SSSR count). The summed E-state index contributed by atoms with van der Waals surface area (Å²) in [7, 11) is 0. The van der Waals surface area contributed by atoms with Crippen LogP contribution in [0.2, 0.25) is 0 Å². The molecule has 11 aromatic rings. The quantitative estimate of drug-likeness (QED) is 0.178. The standard InChI is InChI=1S/C56H37N3O/c1-2-16-42-38(13-1)34-57(50-22-7-3-17-43(42)50)40-29-30-53-49(33-40)45-19-5-9-24-52(45)59(53)41-15-11-14-36(31-41)37-27-28-39-35-58(51-23-8-4-18-44(51)48(39)32-37)54-25-12-21-47-46-20-6-10-26-55(46)60-56(47)54/h1-33H,34-35H2.